The molecule has 28 heavy (non-hydrogen) atoms. The molecule has 0 aliphatic heterocycles. The third-order valence-corrected chi connectivity index (χ3v) is 4.19. The molecule has 0 radical (unpaired) electrons. The number of carbonyl (C=O) groups is 4. The molecule has 0 atom stereocenters. The lowest BCUT2D eigenvalue weighted by atomic mass is 9.96. The third kappa shape index (κ3) is 4.77. The van der Waals surface area contributed by atoms with Crippen molar-refractivity contribution in [2.45, 2.75) is 13.8 Å². The highest BCUT2D eigenvalue weighted by Gasteiger charge is 2.20. The van der Waals surface area contributed by atoms with E-state index in [-0.39, 0.29) is 35.5 Å². The lowest BCUT2D eigenvalue weighted by Crippen LogP contribution is -2.11. The van der Waals surface area contributed by atoms with Crippen molar-refractivity contribution in [2.24, 2.45) is 0 Å². The molecule has 0 fully saturated rings. The number of esters is 2. The van der Waals surface area contributed by atoms with Crippen LogP contribution >= 0.6 is 23.2 Å². The second-order valence-electron chi connectivity index (χ2n) is 5.51. The van der Waals surface area contributed by atoms with Crippen LogP contribution < -0.4 is 0 Å². The minimum atomic E-state index is -0.832. The van der Waals surface area contributed by atoms with Gasteiger partial charge in [-0.05, 0) is 72.4 Å². The van der Waals surface area contributed by atoms with Gasteiger partial charge in [0, 0.05) is 11.1 Å². The van der Waals surface area contributed by atoms with E-state index in [2.05, 4.69) is 0 Å². The summed E-state index contributed by atoms with van der Waals surface area (Å²) in [6.07, 6.45) is 0. The van der Waals surface area contributed by atoms with E-state index < -0.39 is 22.4 Å². The SMILES string of the molecule is CCOC(=O)c1ccc(-c2ccc(C(=O)OCC)c(C(=O)Cl)c2)cc1C(=O)Cl. The Morgan fingerprint density at radius 3 is 1.32 bits per heavy atom. The number of benzene rings is 2. The summed E-state index contributed by atoms with van der Waals surface area (Å²) in [5.74, 6) is -1.35. The van der Waals surface area contributed by atoms with Gasteiger partial charge in [-0.15, -0.1) is 0 Å². The maximum atomic E-state index is 12.0. The summed E-state index contributed by atoms with van der Waals surface area (Å²) >= 11 is 11.2. The maximum absolute atomic E-state index is 12.0. The molecule has 0 saturated carbocycles. The largest absolute Gasteiger partial charge is 0.462 e. The van der Waals surface area contributed by atoms with Gasteiger partial charge in [-0.2, -0.15) is 0 Å². The Morgan fingerprint density at radius 1 is 0.679 bits per heavy atom. The van der Waals surface area contributed by atoms with E-state index in [4.69, 9.17) is 32.7 Å². The van der Waals surface area contributed by atoms with Crippen molar-refractivity contribution >= 4 is 45.6 Å². The van der Waals surface area contributed by atoms with Crippen molar-refractivity contribution in [2.75, 3.05) is 13.2 Å². The predicted octanol–water partition coefficient (Wildman–Crippen LogP) is 4.47. The first kappa shape index (κ1) is 21.6. The molecule has 0 N–H and O–H groups in total. The third-order valence-electron chi connectivity index (χ3n) is 3.79. The minimum absolute atomic E-state index is 0.0300. The highest BCUT2D eigenvalue weighted by Crippen LogP contribution is 2.27. The van der Waals surface area contributed by atoms with E-state index in [1.807, 2.05) is 0 Å². The Labute approximate surface area is 171 Å². The smallest absolute Gasteiger partial charge is 0.338 e. The van der Waals surface area contributed by atoms with Gasteiger partial charge in [-0.3, -0.25) is 9.59 Å². The van der Waals surface area contributed by atoms with Crippen LogP contribution in [0.5, 0.6) is 0 Å². The molecular weight excluding hydrogens is 407 g/mol. The Balaban J connectivity index is 2.55. The fraction of sp³-hybridized carbons (Fsp3) is 0.200. The second kappa shape index (κ2) is 9.48. The van der Waals surface area contributed by atoms with Crippen molar-refractivity contribution in [3.8, 4) is 11.1 Å². The Bertz CT molecular complexity index is 874. The summed E-state index contributed by atoms with van der Waals surface area (Å²) in [4.78, 5) is 47.5. The van der Waals surface area contributed by atoms with Crippen molar-refractivity contribution in [1.29, 1.82) is 0 Å². The summed E-state index contributed by atoms with van der Waals surface area (Å²) in [5.41, 5.74) is 0.972. The number of halogens is 2. The number of carbonyl (C=O) groups excluding carboxylic acids is 4. The molecule has 0 aromatic heterocycles. The van der Waals surface area contributed by atoms with E-state index in [9.17, 15) is 19.2 Å². The van der Waals surface area contributed by atoms with Crippen molar-refractivity contribution < 1.29 is 28.7 Å². The molecule has 6 nitrogen and oxygen atoms in total. The van der Waals surface area contributed by atoms with E-state index in [1.165, 1.54) is 24.3 Å². The topological polar surface area (TPSA) is 86.7 Å². The Hall–Kier alpha value is -2.70. The molecule has 0 heterocycles. The summed E-state index contributed by atoms with van der Waals surface area (Å²) in [6, 6.07) is 8.76. The van der Waals surface area contributed by atoms with E-state index >= 15 is 0 Å². The van der Waals surface area contributed by atoms with Gasteiger partial charge >= 0.3 is 11.9 Å². The van der Waals surface area contributed by atoms with E-state index in [1.54, 1.807) is 26.0 Å². The monoisotopic (exact) mass is 422 g/mol. The molecule has 0 spiro atoms. The molecule has 0 bridgehead atoms. The fourth-order valence-electron chi connectivity index (χ4n) is 2.55. The summed E-state index contributed by atoms with van der Waals surface area (Å²) in [7, 11) is 0. The van der Waals surface area contributed by atoms with Gasteiger partial charge in [0.25, 0.3) is 10.5 Å². The quantitative estimate of drug-likeness (QED) is 0.483. The Kier molecular flexibility index (Phi) is 7.31. The molecule has 0 aliphatic rings. The average Bonchev–Trinajstić information content (AvgIpc) is 2.67. The van der Waals surface area contributed by atoms with Crippen LogP contribution in [0.3, 0.4) is 0 Å². The van der Waals surface area contributed by atoms with Gasteiger partial charge in [-0.25, -0.2) is 9.59 Å². The van der Waals surface area contributed by atoms with Crippen LogP contribution in [-0.4, -0.2) is 35.6 Å². The van der Waals surface area contributed by atoms with Gasteiger partial charge in [0.2, 0.25) is 0 Å². The van der Waals surface area contributed by atoms with Crippen molar-refractivity contribution in [3.05, 3.63) is 58.7 Å². The zero-order valence-electron chi connectivity index (χ0n) is 15.1. The lowest BCUT2D eigenvalue weighted by molar-refractivity contribution is 0.0515. The average molecular weight is 423 g/mol. The molecule has 0 saturated heterocycles. The van der Waals surface area contributed by atoms with Crippen LogP contribution in [0, 0.1) is 0 Å². The number of hydrogen-bond donors (Lipinski definition) is 0. The summed E-state index contributed by atoms with van der Waals surface area (Å²) < 4.78 is 9.83. The van der Waals surface area contributed by atoms with Crippen LogP contribution in [0.15, 0.2) is 36.4 Å². The normalized spacial score (nSPS) is 10.3. The van der Waals surface area contributed by atoms with Crippen LogP contribution in [0.1, 0.15) is 55.3 Å². The van der Waals surface area contributed by atoms with Crippen LogP contribution in [0.4, 0.5) is 0 Å². The van der Waals surface area contributed by atoms with Crippen LogP contribution in [0.25, 0.3) is 11.1 Å². The molecule has 8 heteroatoms. The number of hydrogen-bond acceptors (Lipinski definition) is 6. The van der Waals surface area contributed by atoms with Gasteiger partial charge in [0.05, 0.1) is 24.3 Å². The summed E-state index contributed by atoms with van der Waals surface area (Å²) in [6.45, 7) is 3.58. The first-order valence-corrected chi connectivity index (χ1v) is 9.08. The standard InChI is InChI=1S/C20H16Cl2O6/c1-3-27-19(25)13-7-5-11(9-15(13)17(21)23)12-6-8-14(20(26)28-4-2)16(10-12)18(22)24/h5-10H,3-4H2,1-2H3. The molecule has 2 rings (SSSR count). The highest BCUT2D eigenvalue weighted by molar-refractivity contribution is 6.68. The van der Waals surface area contributed by atoms with Crippen LogP contribution in [0.2, 0.25) is 0 Å². The number of rotatable bonds is 7. The molecule has 2 aromatic carbocycles. The van der Waals surface area contributed by atoms with E-state index in [0.29, 0.717) is 11.1 Å². The highest BCUT2D eigenvalue weighted by atomic mass is 35.5. The zero-order chi connectivity index (χ0) is 20.8. The molecule has 0 aliphatic carbocycles. The predicted molar refractivity (Wildman–Crippen MR) is 104 cm³/mol. The van der Waals surface area contributed by atoms with Crippen molar-refractivity contribution in [3.63, 3.8) is 0 Å². The lowest BCUT2D eigenvalue weighted by Gasteiger charge is -2.11. The van der Waals surface area contributed by atoms with Crippen LogP contribution in [-0.2, 0) is 9.47 Å². The molecule has 0 amide bonds. The summed E-state index contributed by atoms with van der Waals surface area (Å²) in [5, 5.41) is -1.66. The van der Waals surface area contributed by atoms with E-state index in [0.717, 1.165) is 0 Å². The molecule has 146 valence electrons. The minimum Gasteiger partial charge on any atom is -0.462 e. The van der Waals surface area contributed by atoms with Gasteiger partial charge in [0.15, 0.2) is 0 Å². The van der Waals surface area contributed by atoms with Gasteiger partial charge in [-0.1, -0.05) is 12.1 Å². The first-order valence-electron chi connectivity index (χ1n) is 8.32. The van der Waals surface area contributed by atoms with Crippen molar-refractivity contribution in [1.82, 2.24) is 0 Å². The maximum Gasteiger partial charge on any atom is 0.338 e. The fourth-order valence-corrected chi connectivity index (χ4v) is 2.86. The second-order valence-corrected chi connectivity index (χ2v) is 6.20. The van der Waals surface area contributed by atoms with Gasteiger partial charge < -0.3 is 9.47 Å². The molecule has 2 aromatic rings. The first-order chi connectivity index (χ1) is 13.3. The Morgan fingerprint density at radius 2 is 1.04 bits per heavy atom. The molecular formula is C20H16Cl2O6. The number of ether oxygens (including phenoxy) is 2. The van der Waals surface area contributed by atoms with Gasteiger partial charge in [0.1, 0.15) is 0 Å². The molecule has 0 unspecified atom stereocenters. The zero-order valence-corrected chi connectivity index (χ0v) is 16.6.